The third-order valence-corrected chi connectivity index (χ3v) is 11.0. The number of nitrogen functional groups attached to an aromatic ring is 1. The first-order valence-corrected chi connectivity index (χ1v) is 21.5. The summed E-state index contributed by atoms with van der Waals surface area (Å²) < 4.78 is 42.4. The van der Waals surface area contributed by atoms with Crippen LogP contribution in [-0.2, 0) is 28.7 Å². The molecular weight excluding hydrogens is 739 g/mol. The highest BCUT2D eigenvalue weighted by atomic mass is 31.2. The van der Waals surface area contributed by atoms with Gasteiger partial charge < -0.3 is 35.1 Å². The zero-order chi connectivity index (χ0) is 40.2. The maximum atomic E-state index is 13.0. The molecule has 16 heteroatoms. The summed E-state index contributed by atoms with van der Waals surface area (Å²) in [6.07, 6.45) is 15.7. The molecule has 0 radical (unpaired) electrons. The Morgan fingerprint density at radius 1 is 0.911 bits per heavy atom. The van der Waals surface area contributed by atoms with E-state index in [2.05, 4.69) is 23.1 Å². The van der Waals surface area contributed by atoms with E-state index in [0.717, 1.165) is 25.6 Å². The Kier molecular flexibility index (Phi) is 19.0. The average Bonchev–Trinajstić information content (AvgIpc) is 3.75. The van der Waals surface area contributed by atoms with Crippen molar-refractivity contribution < 1.29 is 42.9 Å². The maximum Gasteiger partial charge on any atom is 0.472 e. The summed E-state index contributed by atoms with van der Waals surface area (Å²) in [6, 6.07) is 13.5. The van der Waals surface area contributed by atoms with Crippen LogP contribution in [0.1, 0.15) is 121 Å². The van der Waals surface area contributed by atoms with Gasteiger partial charge >= 0.3 is 7.82 Å². The van der Waals surface area contributed by atoms with Gasteiger partial charge in [0.05, 0.1) is 31.1 Å². The molecule has 5 N–H and O–H groups in total. The van der Waals surface area contributed by atoms with Gasteiger partial charge in [0.2, 0.25) is 5.60 Å². The number of aliphatic hydroxyl groups is 2. The summed E-state index contributed by atoms with van der Waals surface area (Å²) in [5, 5.41) is 45.5. The number of hydrogen-bond acceptors (Lipinski definition) is 13. The zero-order valence-electron chi connectivity index (χ0n) is 32.5. The van der Waals surface area contributed by atoms with Crippen LogP contribution in [0, 0.1) is 22.7 Å². The van der Waals surface area contributed by atoms with Crippen LogP contribution in [-0.4, -0.2) is 80.5 Å². The lowest BCUT2D eigenvalue weighted by atomic mass is 9.92. The van der Waals surface area contributed by atoms with Crippen LogP contribution in [0.25, 0.3) is 5.52 Å². The number of aliphatic hydroxyl groups excluding tert-OH is 2. The smallest absolute Gasteiger partial charge is 0.472 e. The van der Waals surface area contributed by atoms with Crippen molar-refractivity contribution in [3.63, 3.8) is 0 Å². The largest absolute Gasteiger partial charge is 0.484 e. The van der Waals surface area contributed by atoms with Crippen molar-refractivity contribution in [2.75, 3.05) is 32.2 Å². The number of rotatable bonds is 28. The summed E-state index contributed by atoms with van der Waals surface area (Å²) in [5.74, 6) is 0.382. The number of fused-ring (bicyclic) bond motifs is 1. The molecule has 4 rings (SSSR count). The number of phosphoric acid groups is 1. The summed E-state index contributed by atoms with van der Waals surface area (Å²) >= 11 is 0. The Hall–Kier alpha value is -3.63. The van der Waals surface area contributed by atoms with Gasteiger partial charge in [-0.05, 0) is 30.7 Å². The van der Waals surface area contributed by atoms with Crippen LogP contribution in [0.3, 0.4) is 0 Å². The number of ether oxygens (including phenoxy) is 3. The molecule has 1 saturated heterocycles. The topological polar surface area (TPSA) is 228 Å². The van der Waals surface area contributed by atoms with E-state index in [9.17, 15) is 30.2 Å². The van der Waals surface area contributed by atoms with Gasteiger partial charge in [0.15, 0.2) is 5.82 Å². The Morgan fingerprint density at radius 3 is 2.16 bits per heavy atom. The first-order chi connectivity index (χ1) is 27.2. The van der Waals surface area contributed by atoms with Gasteiger partial charge in [-0.1, -0.05) is 115 Å². The molecule has 0 amide bonds. The summed E-state index contributed by atoms with van der Waals surface area (Å²) in [6.45, 7) is 1.57. The molecule has 3 aromatic rings. The summed E-state index contributed by atoms with van der Waals surface area (Å²) in [7, 11) is -4.80. The minimum Gasteiger partial charge on any atom is -0.484 e. The predicted octanol–water partition coefficient (Wildman–Crippen LogP) is 6.88. The highest BCUT2D eigenvalue weighted by molar-refractivity contribution is 7.47. The van der Waals surface area contributed by atoms with Crippen LogP contribution in [0.4, 0.5) is 5.82 Å². The van der Waals surface area contributed by atoms with E-state index < -0.39 is 51.1 Å². The SMILES string of the molecule is CCCCCCCCCCCCCCCCCCOC[C@H](COP(=O)(O)OCC1O[C@@](C#N)(c2ccc3c(N)ncnn23)[C@H](O)[C@@H]1O)Oc1ccccc1C#N. The molecule has 56 heavy (non-hydrogen) atoms. The van der Waals surface area contributed by atoms with E-state index in [0.29, 0.717) is 12.1 Å². The fraction of sp³-hybridized carbons (Fsp3) is 0.650. The van der Waals surface area contributed by atoms with E-state index in [1.807, 2.05) is 6.07 Å². The van der Waals surface area contributed by atoms with Crippen molar-refractivity contribution in [3.8, 4) is 17.9 Å². The molecule has 308 valence electrons. The van der Waals surface area contributed by atoms with Crippen LogP contribution in [0.5, 0.6) is 5.75 Å². The van der Waals surface area contributed by atoms with Gasteiger partial charge in [0.1, 0.15) is 54.1 Å². The second kappa shape index (κ2) is 23.6. The average molecular weight is 799 g/mol. The van der Waals surface area contributed by atoms with Gasteiger partial charge in [-0.25, -0.2) is 14.1 Å². The van der Waals surface area contributed by atoms with E-state index in [1.165, 1.54) is 100 Å². The van der Waals surface area contributed by atoms with Gasteiger partial charge in [0, 0.05) is 6.61 Å². The Balaban J connectivity index is 1.19. The summed E-state index contributed by atoms with van der Waals surface area (Å²) in [5.41, 5.74) is 4.48. The highest BCUT2D eigenvalue weighted by Crippen LogP contribution is 2.46. The minimum atomic E-state index is -4.80. The molecule has 2 aromatic heterocycles. The molecular formula is C40H59N6O9P. The molecule has 0 spiro atoms. The van der Waals surface area contributed by atoms with Gasteiger partial charge in [-0.3, -0.25) is 9.05 Å². The molecule has 1 aliphatic rings. The number of nitrogens with zero attached hydrogens (tertiary/aromatic N) is 5. The number of hydrogen-bond donors (Lipinski definition) is 4. The quantitative estimate of drug-likeness (QED) is 0.0434. The van der Waals surface area contributed by atoms with Gasteiger partial charge in [-0.15, -0.1) is 0 Å². The van der Waals surface area contributed by atoms with Crippen molar-refractivity contribution in [3.05, 3.63) is 54.0 Å². The zero-order valence-corrected chi connectivity index (χ0v) is 33.4. The fourth-order valence-corrected chi connectivity index (χ4v) is 7.62. The van der Waals surface area contributed by atoms with Crippen LogP contribution in [0.2, 0.25) is 0 Å². The number of anilines is 1. The number of nitriles is 2. The lowest BCUT2D eigenvalue weighted by Gasteiger charge is -2.24. The molecule has 3 heterocycles. The van der Waals surface area contributed by atoms with Crippen molar-refractivity contribution in [1.82, 2.24) is 14.6 Å². The van der Waals surface area contributed by atoms with Crippen molar-refractivity contribution in [2.24, 2.45) is 0 Å². The third-order valence-electron chi connectivity index (χ3n) is 10.1. The summed E-state index contributed by atoms with van der Waals surface area (Å²) in [4.78, 5) is 14.5. The normalized spacial score (nSPS) is 21.1. The fourth-order valence-electron chi connectivity index (χ4n) is 6.86. The molecule has 6 atom stereocenters. The lowest BCUT2D eigenvalue weighted by Crippen LogP contribution is -2.41. The van der Waals surface area contributed by atoms with E-state index in [4.69, 9.17) is 29.0 Å². The number of phosphoric ester groups is 1. The van der Waals surface area contributed by atoms with Gasteiger partial charge in [-0.2, -0.15) is 15.6 Å². The number of para-hydroxylation sites is 1. The monoisotopic (exact) mass is 798 g/mol. The Bertz CT molecular complexity index is 1750. The van der Waals surface area contributed by atoms with E-state index >= 15 is 0 Å². The Morgan fingerprint density at radius 2 is 1.54 bits per heavy atom. The third kappa shape index (κ3) is 13.2. The molecule has 1 fully saturated rings. The number of aromatic nitrogens is 3. The number of unbranched alkanes of at least 4 members (excludes halogenated alkanes) is 15. The standard InChI is InChI=1S/C40H59N6O9P/c1-2-3-4-5-6-7-8-9-10-11-12-13-14-15-16-19-24-51-26-32(54-34-21-18-17-20-31(34)25-41)27-52-56(49,50)53-28-35-37(47)38(48)40(29-42,55-35)36-23-22-33-39(43)44-30-45-46(33)36/h17-18,20-23,30,32,35,37-38,47-48H,2-16,19,24,26-28H2,1H3,(H,49,50)(H2,43,44,45)/t32-,35?,37-,38-,40+/m1/s1. The molecule has 1 aromatic carbocycles. The second-order valence-corrected chi connectivity index (χ2v) is 15.8. The number of benzene rings is 1. The van der Waals surface area contributed by atoms with Crippen molar-refractivity contribution in [2.45, 2.75) is 140 Å². The van der Waals surface area contributed by atoms with Crippen LogP contribution in [0.15, 0.2) is 42.7 Å². The number of nitrogens with two attached hydrogens (primary N) is 1. The van der Waals surface area contributed by atoms with Crippen molar-refractivity contribution in [1.29, 1.82) is 10.5 Å². The minimum absolute atomic E-state index is 0.0131. The molecule has 0 aliphatic carbocycles. The van der Waals surface area contributed by atoms with Crippen LogP contribution >= 0.6 is 7.82 Å². The maximum absolute atomic E-state index is 13.0. The van der Waals surface area contributed by atoms with Gasteiger partial charge in [0.25, 0.3) is 0 Å². The van der Waals surface area contributed by atoms with Crippen LogP contribution < -0.4 is 10.5 Å². The molecule has 1 aliphatic heterocycles. The molecule has 15 nitrogen and oxygen atoms in total. The molecule has 0 bridgehead atoms. The van der Waals surface area contributed by atoms with Crippen molar-refractivity contribution >= 4 is 19.2 Å². The first kappa shape index (κ1) is 45.1. The second-order valence-electron chi connectivity index (χ2n) is 14.4. The predicted molar refractivity (Wildman–Crippen MR) is 209 cm³/mol. The molecule has 0 saturated carbocycles. The first-order valence-electron chi connectivity index (χ1n) is 20.0. The highest BCUT2D eigenvalue weighted by Gasteiger charge is 2.58. The lowest BCUT2D eigenvalue weighted by molar-refractivity contribution is -0.0651. The molecule has 2 unspecified atom stereocenters. The van der Waals surface area contributed by atoms with E-state index in [1.54, 1.807) is 24.3 Å². The van der Waals surface area contributed by atoms with E-state index in [-0.39, 0.29) is 29.4 Å². The Labute approximate surface area is 330 Å².